The van der Waals surface area contributed by atoms with Gasteiger partial charge in [0.25, 0.3) is 5.91 Å². The van der Waals surface area contributed by atoms with Crippen LogP contribution in [-0.4, -0.2) is 77.7 Å². The highest BCUT2D eigenvalue weighted by atomic mass is 16.5. The highest BCUT2D eigenvalue weighted by Gasteiger charge is 2.35. The van der Waals surface area contributed by atoms with E-state index < -0.39 is 0 Å². The van der Waals surface area contributed by atoms with Crippen LogP contribution >= 0.6 is 0 Å². The minimum atomic E-state index is -0.390. The number of amides is 2. The molecule has 37 heavy (non-hydrogen) atoms. The van der Waals surface area contributed by atoms with E-state index in [9.17, 15) is 14.7 Å². The maximum atomic E-state index is 13.6. The lowest BCUT2D eigenvalue weighted by Crippen LogP contribution is -2.50. The van der Waals surface area contributed by atoms with E-state index in [0.29, 0.717) is 36.7 Å². The highest BCUT2D eigenvalue weighted by Crippen LogP contribution is 2.33. The van der Waals surface area contributed by atoms with E-state index in [1.165, 1.54) is 0 Å². The highest BCUT2D eigenvalue weighted by molar-refractivity contribution is 5.97. The second kappa shape index (κ2) is 11.7. The van der Waals surface area contributed by atoms with Gasteiger partial charge in [-0.1, -0.05) is 30.9 Å². The smallest absolute Gasteiger partial charge is 0.259 e. The Labute approximate surface area is 218 Å². The van der Waals surface area contributed by atoms with Crippen molar-refractivity contribution in [3.63, 3.8) is 0 Å². The number of pyridine rings is 1. The van der Waals surface area contributed by atoms with Gasteiger partial charge in [-0.2, -0.15) is 0 Å². The molecule has 2 aromatic rings. The molecule has 0 spiro atoms. The number of hydrogen-bond acceptors (Lipinski definition) is 6. The number of benzene rings is 1. The van der Waals surface area contributed by atoms with Gasteiger partial charge in [0.1, 0.15) is 17.4 Å². The van der Waals surface area contributed by atoms with E-state index in [4.69, 9.17) is 9.47 Å². The van der Waals surface area contributed by atoms with Gasteiger partial charge in [0.15, 0.2) is 0 Å². The SMILES string of the molecule is COc1ccccc1C#Cc1cnc2c(c1)C(=O)N([C@@H](C)CO)C[C@H](C)[C@@H](CN(C)C(=O)CC1CC1)O2. The van der Waals surface area contributed by atoms with Crippen molar-refractivity contribution in [2.24, 2.45) is 11.8 Å². The van der Waals surface area contributed by atoms with Crippen LogP contribution in [0, 0.1) is 23.7 Å². The maximum Gasteiger partial charge on any atom is 0.259 e. The summed E-state index contributed by atoms with van der Waals surface area (Å²) in [5.41, 5.74) is 1.57. The van der Waals surface area contributed by atoms with E-state index in [1.54, 1.807) is 36.2 Å². The van der Waals surface area contributed by atoms with Crippen LogP contribution in [0.2, 0.25) is 0 Å². The molecule has 1 fully saturated rings. The van der Waals surface area contributed by atoms with Gasteiger partial charge in [-0.3, -0.25) is 9.59 Å². The Morgan fingerprint density at radius 3 is 2.78 bits per heavy atom. The lowest BCUT2D eigenvalue weighted by atomic mass is 9.99. The second-order valence-corrected chi connectivity index (χ2v) is 10.1. The number of rotatable bonds is 7. The number of nitrogens with zero attached hydrogens (tertiary/aromatic N) is 3. The average molecular weight is 506 g/mol. The first kappa shape index (κ1) is 26.5. The van der Waals surface area contributed by atoms with Crippen LogP contribution in [0.4, 0.5) is 0 Å². The predicted molar refractivity (Wildman–Crippen MR) is 139 cm³/mol. The molecule has 0 unspecified atom stereocenters. The van der Waals surface area contributed by atoms with Crippen LogP contribution in [0.1, 0.15) is 54.6 Å². The topological polar surface area (TPSA) is 92.2 Å². The summed E-state index contributed by atoms with van der Waals surface area (Å²) < 4.78 is 11.7. The number of aliphatic hydroxyl groups excluding tert-OH is 1. The summed E-state index contributed by atoms with van der Waals surface area (Å²) in [7, 11) is 3.39. The molecule has 1 saturated carbocycles. The zero-order valence-corrected chi connectivity index (χ0v) is 21.9. The third-order valence-corrected chi connectivity index (χ3v) is 7.01. The lowest BCUT2D eigenvalue weighted by Gasteiger charge is -2.37. The fourth-order valence-electron chi connectivity index (χ4n) is 4.37. The zero-order valence-electron chi connectivity index (χ0n) is 21.9. The molecule has 8 heteroatoms. The standard InChI is InChI=1S/C29H35N3O5/c1-19-16-32(20(2)18-33)29(35)24-13-22(11-12-23-7-5-6-8-25(23)36-4)15-30-28(24)37-26(19)17-31(3)27(34)14-21-9-10-21/h5-8,13,15,19-21,26,33H,9-10,14,16-18H2,1-4H3/t19-,20-,26+/m0/s1. The summed E-state index contributed by atoms with van der Waals surface area (Å²) in [6, 6.07) is 8.74. The Balaban J connectivity index is 1.64. The van der Waals surface area contributed by atoms with Gasteiger partial charge in [-0.05, 0) is 43.9 Å². The summed E-state index contributed by atoms with van der Waals surface area (Å²) in [6.07, 6.45) is 4.01. The Morgan fingerprint density at radius 2 is 2.08 bits per heavy atom. The van der Waals surface area contributed by atoms with Crippen LogP contribution in [0.25, 0.3) is 0 Å². The van der Waals surface area contributed by atoms with Gasteiger partial charge in [-0.15, -0.1) is 0 Å². The number of para-hydroxylation sites is 1. The normalized spacial score (nSPS) is 19.9. The number of hydrogen-bond donors (Lipinski definition) is 1. The van der Waals surface area contributed by atoms with E-state index >= 15 is 0 Å². The number of methoxy groups -OCH3 is 1. The largest absolute Gasteiger partial charge is 0.495 e. The molecule has 2 amide bonds. The van der Waals surface area contributed by atoms with Gasteiger partial charge in [0, 0.05) is 37.7 Å². The van der Waals surface area contributed by atoms with E-state index in [-0.39, 0.29) is 47.9 Å². The molecule has 1 aromatic heterocycles. The Bertz CT molecular complexity index is 1200. The van der Waals surface area contributed by atoms with Crippen molar-refractivity contribution in [1.82, 2.24) is 14.8 Å². The predicted octanol–water partition coefficient (Wildman–Crippen LogP) is 2.97. The molecule has 0 saturated heterocycles. The fraction of sp³-hybridized carbons (Fsp3) is 0.483. The molecule has 1 aliphatic heterocycles. The molecule has 4 rings (SSSR count). The van der Waals surface area contributed by atoms with Gasteiger partial charge in [0.05, 0.1) is 31.9 Å². The third-order valence-electron chi connectivity index (χ3n) is 7.01. The zero-order chi connectivity index (χ0) is 26.5. The number of ether oxygens (including phenoxy) is 2. The Morgan fingerprint density at radius 1 is 1.32 bits per heavy atom. The van der Waals surface area contributed by atoms with E-state index in [2.05, 4.69) is 16.8 Å². The van der Waals surface area contributed by atoms with Crippen LogP contribution in [0.3, 0.4) is 0 Å². The van der Waals surface area contributed by atoms with Crippen molar-refractivity contribution < 1.29 is 24.2 Å². The van der Waals surface area contributed by atoms with Gasteiger partial charge in [-0.25, -0.2) is 4.98 Å². The summed E-state index contributed by atoms with van der Waals surface area (Å²) in [5.74, 6) is 7.27. The van der Waals surface area contributed by atoms with E-state index in [1.807, 2.05) is 38.1 Å². The first-order valence-electron chi connectivity index (χ1n) is 12.8. The third kappa shape index (κ3) is 6.41. The van der Waals surface area contributed by atoms with Crippen molar-refractivity contribution >= 4 is 11.8 Å². The van der Waals surface area contributed by atoms with Gasteiger partial charge >= 0.3 is 0 Å². The molecule has 8 nitrogen and oxygen atoms in total. The van der Waals surface area contributed by atoms with Crippen molar-refractivity contribution in [3.8, 4) is 23.5 Å². The first-order valence-corrected chi connectivity index (χ1v) is 12.8. The summed E-state index contributed by atoms with van der Waals surface area (Å²) >= 11 is 0. The van der Waals surface area contributed by atoms with Gasteiger partial charge in [0.2, 0.25) is 11.8 Å². The second-order valence-electron chi connectivity index (χ2n) is 10.1. The molecule has 1 N–H and O–H groups in total. The number of carbonyl (C=O) groups excluding carboxylic acids is 2. The van der Waals surface area contributed by atoms with Crippen LogP contribution in [0.15, 0.2) is 36.5 Å². The number of aliphatic hydroxyl groups is 1. The lowest BCUT2D eigenvalue weighted by molar-refractivity contribution is -0.131. The molecule has 1 aromatic carbocycles. The molecular weight excluding hydrogens is 470 g/mol. The summed E-state index contributed by atoms with van der Waals surface area (Å²) in [4.78, 5) is 34.1. The fourth-order valence-corrected chi connectivity index (χ4v) is 4.37. The molecule has 2 aliphatic rings. The molecule has 1 aliphatic carbocycles. The molecule has 0 bridgehead atoms. The molecule has 3 atom stereocenters. The molecule has 2 heterocycles. The minimum absolute atomic E-state index is 0.0888. The quantitative estimate of drug-likeness (QED) is 0.582. The average Bonchev–Trinajstić information content (AvgIpc) is 3.73. The number of likely N-dealkylation sites (N-methyl/N-ethyl adjacent to an activating group) is 1. The van der Waals surface area contributed by atoms with E-state index in [0.717, 1.165) is 18.4 Å². The van der Waals surface area contributed by atoms with Crippen LogP contribution < -0.4 is 9.47 Å². The van der Waals surface area contributed by atoms with Crippen molar-refractivity contribution in [2.45, 2.75) is 45.3 Å². The number of carbonyl (C=O) groups is 2. The van der Waals surface area contributed by atoms with Crippen LogP contribution in [0.5, 0.6) is 11.6 Å². The Kier molecular flexibility index (Phi) is 8.34. The summed E-state index contributed by atoms with van der Waals surface area (Å²) in [5, 5.41) is 9.86. The van der Waals surface area contributed by atoms with Crippen LogP contribution in [-0.2, 0) is 4.79 Å². The van der Waals surface area contributed by atoms with Gasteiger partial charge < -0.3 is 24.4 Å². The minimum Gasteiger partial charge on any atom is -0.495 e. The van der Waals surface area contributed by atoms with Crippen molar-refractivity contribution in [2.75, 3.05) is 33.9 Å². The van der Waals surface area contributed by atoms with Crippen molar-refractivity contribution in [1.29, 1.82) is 0 Å². The Hall–Kier alpha value is -3.57. The summed E-state index contributed by atoms with van der Waals surface area (Å²) in [6.45, 7) is 4.41. The van der Waals surface area contributed by atoms with Crippen molar-refractivity contribution in [3.05, 3.63) is 53.2 Å². The number of aromatic nitrogens is 1. The number of fused-ring (bicyclic) bond motifs is 1. The maximum absolute atomic E-state index is 13.6. The first-order chi connectivity index (χ1) is 17.8. The monoisotopic (exact) mass is 505 g/mol. The molecular formula is C29H35N3O5. The molecule has 0 radical (unpaired) electrons. The molecule has 196 valence electrons.